The molecular formula is C21H23N5O. The number of likely N-dealkylation sites (tertiary alicyclic amines) is 1. The maximum absolute atomic E-state index is 12.6. The van der Waals surface area contributed by atoms with Crippen LogP contribution in [0.3, 0.4) is 0 Å². The van der Waals surface area contributed by atoms with E-state index in [0.717, 1.165) is 55.7 Å². The van der Waals surface area contributed by atoms with Crippen LogP contribution in [0, 0.1) is 0 Å². The third kappa shape index (κ3) is 3.00. The maximum Gasteiger partial charge on any atom is 0.228 e. The van der Waals surface area contributed by atoms with Crippen LogP contribution in [0.5, 0.6) is 0 Å². The number of fused-ring (bicyclic) bond motifs is 1. The molecule has 2 fully saturated rings. The van der Waals surface area contributed by atoms with Gasteiger partial charge in [0.2, 0.25) is 5.91 Å². The Labute approximate surface area is 158 Å². The zero-order valence-electron chi connectivity index (χ0n) is 15.2. The van der Waals surface area contributed by atoms with Crippen LogP contribution in [0.2, 0.25) is 0 Å². The third-order valence-electron chi connectivity index (χ3n) is 6.06. The molecule has 6 nitrogen and oxygen atoms in total. The maximum atomic E-state index is 12.6. The second kappa shape index (κ2) is 6.46. The molecule has 3 aromatic rings. The minimum absolute atomic E-state index is 0.0124. The molecule has 1 spiro atoms. The van der Waals surface area contributed by atoms with Crippen molar-refractivity contribution in [1.82, 2.24) is 24.8 Å². The summed E-state index contributed by atoms with van der Waals surface area (Å²) in [7, 11) is 0. The molecule has 0 saturated carbocycles. The molecule has 5 rings (SSSR count). The Bertz CT molecular complexity index is 959. The number of carbonyl (C=O) groups is 1. The molecule has 2 aliphatic rings. The van der Waals surface area contributed by atoms with Gasteiger partial charge < -0.3 is 5.32 Å². The van der Waals surface area contributed by atoms with Crippen LogP contribution >= 0.6 is 0 Å². The Morgan fingerprint density at radius 1 is 1.15 bits per heavy atom. The van der Waals surface area contributed by atoms with Crippen molar-refractivity contribution in [3.63, 3.8) is 0 Å². The van der Waals surface area contributed by atoms with Crippen LogP contribution in [0.15, 0.2) is 55.0 Å². The minimum Gasteiger partial charge on any atom is -0.350 e. The van der Waals surface area contributed by atoms with E-state index in [4.69, 9.17) is 0 Å². The number of carbonyl (C=O) groups excluding carboxylic acids is 1. The third-order valence-corrected chi connectivity index (χ3v) is 6.06. The predicted octanol–water partition coefficient (Wildman–Crippen LogP) is 2.37. The molecule has 2 saturated heterocycles. The summed E-state index contributed by atoms with van der Waals surface area (Å²) in [6.45, 7) is 2.81. The summed E-state index contributed by atoms with van der Waals surface area (Å²) in [4.78, 5) is 19.5. The standard InChI is InChI=1S/C21H23N5O/c27-20-18(16-5-2-1-3-6-16)13-21(24-20)7-11-25(12-8-21)15-17-14-23-26-10-4-9-22-19(17)26/h1-6,9-10,14,18H,7-8,11-13,15H2,(H,24,27)/t18-/m1/s1. The average Bonchev–Trinajstić information content (AvgIpc) is 3.26. The Morgan fingerprint density at radius 2 is 1.96 bits per heavy atom. The normalized spacial score (nSPS) is 22.4. The lowest BCUT2D eigenvalue weighted by Gasteiger charge is -2.39. The van der Waals surface area contributed by atoms with E-state index in [2.05, 4.69) is 32.4 Å². The van der Waals surface area contributed by atoms with Crippen molar-refractivity contribution in [3.8, 4) is 0 Å². The van der Waals surface area contributed by atoms with E-state index in [1.54, 1.807) is 0 Å². The van der Waals surface area contributed by atoms with Crippen LogP contribution < -0.4 is 5.32 Å². The summed E-state index contributed by atoms with van der Waals surface area (Å²) in [6, 6.07) is 12.0. The number of piperidine rings is 1. The molecule has 0 bridgehead atoms. The molecule has 0 radical (unpaired) electrons. The Hall–Kier alpha value is -2.73. The number of amides is 1. The van der Waals surface area contributed by atoms with Crippen molar-refractivity contribution in [1.29, 1.82) is 0 Å². The Kier molecular flexibility index (Phi) is 3.93. The van der Waals surface area contributed by atoms with Crippen molar-refractivity contribution < 1.29 is 4.79 Å². The average molecular weight is 361 g/mol. The molecule has 1 atom stereocenters. The fraction of sp³-hybridized carbons (Fsp3) is 0.381. The monoisotopic (exact) mass is 361 g/mol. The van der Waals surface area contributed by atoms with Gasteiger partial charge in [-0.3, -0.25) is 9.69 Å². The van der Waals surface area contributed by atoms with Crippen LogP contribution in [-0.2, 0) is 11.3 Å². The first-order valence-electron chi connectivity index (χ1n) is 9.59. The van der Waals surface area contributed by atoms with E-state index in [1.165, 1.54) is 0 Å². The lowest BCUT2D eigenvalue weighted by molar-refractivity contribution is -0.121. The highest BCUT2D eigenvalue weighted by Crippen LogP contribution is 2.39. The fourth-order valence-electron chi connectivity index (χ4n) is 4.53. The van der Waals surface area contributed by atoms with Gasteiger partial charge in [-0.1, -0.05) is 30.3 Å². The van der Waals surface area contributed by atoms with Crippen molar-refractivity contribution in [2.24, 2.45) is 0 Å². The summed E-state index contributed by atoms with van der Waals surface area (Å²) >= 11 is 0. The molecule has 0 unspecified atom stereocenters. The van der Waals surface area contributed by atoms with Gasteiger partial charge in [0.05, 0.1) is 12.1 Å². The Balaban J connectivity index is 1.26. The number of aromatic nitrogens is 3. The van der Waals surface area contributed by atoms with Gasteiger partial charge in [0.25, 0.3) is 0 Å². The zero-order chi connectivity index (χ0) is 18.3. The highest BCUT2D eigenvalue weighted by atomic mass is 16.2. The number of benzene rings is 1. The SMILES string of the molecule is O=C1NC2(CCN(Cc3cnn4cccnc34)CC2)C[C@@H]1c1ccccc1. The second-order valence-corrected chi connectivity index (χ2v) is 7.77. The first-order chi connectivity index (χ1) is 13.2. The van der Waals surface area contributed by atoms with Crippen LogP contribution in [0.4, 0.5) is 0 Å². The molecule has 2 aliphatic heterocycles. The second-order valence-electron chi connectivity index (χ2n) is 7.77. The van der Waals surface area contributed by atoms with Gasteiger partial charge in [0.15, 0.2) is 5.65 Å². The molecule has 27 heavy (non-hydrogen) atoms. The van der Waals surface area contributed by atoms with Crippen molar-refractivity contribution in [3.05, 3.63) is 66.1 Å². The number of rotatable bonds is 3. The van der Waals surface area contributed by atoms with E-state index >= 15 is 0 Å². The fourth-order valence-corrected chi connectivity index (χ4v) is 4.53. The van der Waals surface area contributed by atoms with Crippen LogP contribution in [0.1, 0.15) is 36.3 Å². The molecule has 6 heteroatoms. The first kappa shape index (κ1) is 16.4. The van der Waals surface area contributed by atoms with Crippen molar-refractivity contribution in [2.45, 2.75) is 37.3 Å². The largest absolute Gasteiger partial charge is 0.350 e. The lowest BCUT2D eigenvalue weighted by Crippen LogP contribution is -2.50. The van der Waals surface area contributed by atoms with E-state index < -0.39 is 0 Å². The molecule has 2 aromatic heterocycles. The van der Waals surface area contributed by atoms with E-state index in [1.807, 2.05) is 47.4 Å². The molecule has 4 heterocycles. The van der Waals surface area contributed by atoms with Gasteiger partial charge in [0, 0.05) is 43.1 Å². The smallest absolute Gasteiger partial charge is 0.228 e. The van der Waals surface area contributed by atoms with Crippen molar-refractivity contribution >= 4 is 11.6 Å². The molecule has 1 N–H and O–H groups in total. The summed E-state index contributed by atoms with van der Waals surface area (Å²) < 4.78 is 1.82. The number of hydrogen-bond donors (Lipinski definition) is 1. The first-order valence-corrected chi connectivity index (χ1v) is 9.59. The summed E-state index contributed by atoms with van der Waals surface area (Å²) in [5.74, 6) is 0.169. The van der Waals surface area contributed by atoms with Gasteiger partial charge in [-0.05, 0) is 30.9 Å². The highest BCUT2D eigenvalue weighted by Gasteiger charge is 2.46. The predicted molar refractivity (Wildman–Crippen MR) is 102 cm³/mol. The lowest BCUT2D eigenvalue weighted by atomic mass is 9.82. The van der Waals surface area contributed by atoms with Gasteiger partial charge in [-0.2, -0.15) is 5.10 Å². The topological polar surface area (TPSA) is 62.5 Å². The van der Waals surface area contributed by atoms with E-state index in [9.17, 15) is 4.79 Å². The highest BCUT2D eigenvalue weighted by molar-refractivity contribution is 5.87. The van der Waals surface area contributed by atoms with Gasteiger partial charge in [0.1, 0.15) is 0 Å². The Morgan fingerprint density at radius 3 is 2.78 bits per heavy atom. The minimum atomic E-state index is -0.0482. The van der Waals surface area contributed by atoms with Gasteiger partial charge in [-0.25, -0.2) is 9.50 Å². The molecule has 1 aromatic carbocycles. The molecule has 138 valence electrons. The summed E-state index contributed by atoms with van der Waals surface area (Å²) in [6.07, 6.45) is 8.54. The summed E-state index contributed by atoms with van der Waals surface area (Å²) in [5.41, 5.74) is 3.17. The molecule has 0 aliphatic carbocycles. The van der Waals surface area contributed by atoms with Crippen LogP contribution in [0.25, 0.3) is 5.65 Å². The quantitative estimate of drug-likeness (QED) is 0.778. The van der Waals surface area contributed by atoms with Gasteiger partial charge >= 0.3 is 0 Å². The number of nitrogens with one attached hydrogen (secondary N) is 1. The number of hydrogen-bond acceptors (Lipinski definition) is 4. The van der Waals surface area contributed by atoms with Crippen LogP contribution in [-0.4, -0.2) is 44.0 Å². The number of nitrogens with zero attached hydrogens (tertiary/aromatic N) is 4. The summed E-state index contributed by atoms with van der Waals surface area (Å²) in [5, 5.41) is 7.71. The molecular weight excluding hydrogens is 338 g/mol. The van der Waals surface area contributed by atoms with Gasteiger partial charge in [-0.15, -0.1) is 0 Å². The zero-order valence-corrected chi connectivity index (χ0v) is 15.2. The van der Waals surface area contributed by atoms with Crippen molar-refractivity contribution in [2.75, 3.05) is 13.1 Å². The van der Waals surface area contributed by atoms with E-state index in [-0.39, 0.29) is 17.4 Å². The van der Waals surface area contributed by atoms with E-state index in [0.29, 0.717) is 0 Å². The molecule has 1 amide bonds.